The maximum atomic E-state index is 10.4. The Balaban J connectivity index is 2.16. The SMILES string of the molecule is CC(OC1COC1)C(N)=O. The van der Waals surface area contributed by atoms with Crippen LogP contribution in [0.1, 0.15) is 6.92 Å². The van der Waals surface area contributed by atoms with E-state index in [-0.39, 0.29) is 6.10 Å². The summed E-state index contributed by atoms with van der Waals surface area (Å²) in [5.41, 5.74) is 4.96. The Morgan fingerprint density at radius 2 is 2.40 bits per heavy atom. The highest BCUT2D eigenvalue weighted by Gasteiger charge is 2.23. The van der Waals surface area contributed by atoms with Crippen LogP contribution in [0.2, 0.25) is 0 Å². The van der Waals surface area contributed by atoms with Crippen molar-refractivity contribution in [3.63, 3.8) is 0 Å². The number of rotatable bonds is 3. The van der Waals surface area contributed by atoms with Crippen molar-refractivity contribution in [2.75, 3.05) is 13.2 Å². The molecule has 4 nitrogen and oxygen atoms in total. The minimum atomic E-state index is -0.492. The first kappa shape index (κ1) is 7.50. The normalized spacial score (nSPS) is 21.7. The number of primary amides is 1. The van der Waals surface area contributed by atoms with Crippen molar-refractivity contribution >= 4 is 5.91 Å². The van der Waals surface area contributed by atoms with Crippen molar-refractivity contribution in [1.29, 1.82) is 0 Å². The van der Waals surface area contributed by atoms with Crippen molar-refractivity contribution in [1.82, 2.24) is 0 Å². The van der Waals surface area contributed by atoms with Gasteiger partial charge in [0.05, 0.1) is 13.2 Å². The van der Waals surface area contributed by atoms with Crippen LogP contribution in [0.4, 0.5) is 0 Å². The lowest BCUT2D eigenvalue weighted by Crippen LogP contribution is -2.42. The van der Waals surface area contributed by atoms with Gasteiger partial charge in [-0.3, -0.25) is 4.79 Å². The van der Waals surface area contributed by atoms with Gasteiger partial charge in [-0.25, -0.2) is 0 Å². The van der Waals surface area contributed by atoms with Crippen LogP contribution in [-0.2, 0) is 14.3 Å². The fraction of sp³-hybridized carbons (Fsp3) is 0.833. The molecule has 1 fully saturated rings. The standard InChI is InChI=1S/C6H11NO3/c1-4(6(7)8)10-5-2-9-3-5/h4-5H,2-3H2,1H3,(H2,7,8). The largest absolute Gasteiger partial charge is 0.376 e. The number of carbonyl (C=O) groups is 1. The van der Waals surface area contributed by atoms with Gasteiger partial charge in [0.1, 0.15) is 12.2 Å². The zero-order valence-corrected chi connectivity index (χ0v) is 5.87. The summed E-state index contributed by atoms with van der Waals surface area (Å²) in [7, 11) is 0. The Kier molecular flexibility index (Phi) is 2.24. The van der Waals surface area contributed by atoms with Gasteiger partial charge in [0, 0.05) is 0 Å². The summed E-state index contributed by atoms with van der Waals surface area (Å²) in [5.74, 6) is -0.424. The molecule has 0 saturated carbocycles. The molecule has 1 saturated heterocycles. The zero-order valence-electron chi connectivity index (χ0n) is 5.87. The smallest absolute Gasteiger partial charge is 0.246 e. The van der Waals surface area contributed by atoms with Gasteiger partial charge >= 0.3 is 0 Å². The van der Waals surface area contributed by atoms with E-state index in [0.29, 0.717) is 13.2 Å². The molecule has 0 bridgehead atoms. The lowest BCUT2D eigenvalue weighted by molar-refractivity contribution is -0.162. The van der Waals surface area contributed by atoms with Crippen molar-refractivity contribution < 1.29 is 14.3 Å². The molecule has 1 aliphatic heterocycles. The van der Waals surface area contributed by atoms with Gasteiger partial charge in [-0.2, -0.15) is 0 Å². The van der Waals surface area contributed by atoms with Gasteiger partial charge in [-0.05, 0) is 6.92 Å². The first-order valence-corrected chi connectivity index (χ1v) is 3.22. The van der Waals surface area contributed by atoms with Crippen LogP contribution in [0.3, 0.4) is 0 Å². The number of hydrogen-bond donors (Lipinski definition) is 1. The third kappa shape index (κ3) is 1.68. The van der Waals surface area contributed by atoms with E-state index in [1.807, 2.05) is 0 Å². The minimum absolute atomic E-state index is 0.0718. The number of nitrogens with two attached hydrogens (primary N) is 1. The van der Waals surface area contributed by atoms with Gasteiger partial charge in [-0.15, -0.1) is 0 Å². The van der Waals surface area contributed by atoms with Crippen LogP contribution in [0.25, 0.3) is 0 Å². The predicted molar refractivity (Wildman–Crippen MR) is 34.3 cm³/mol. The van der Waals surface area contributed by atoms with Crippen LogP contribution in [-0.4, -0.2) is 31.3 Å². The van der Waals surface area contributed by atoms with Crippen molar-refractivity contribution in [2.45, 2.75) is 19.1 Å². The highest BCUT2D eigenvalue weighted by atomic mass is 16.6. The summed E-state index contributed by atoms with van der Waals surface area (Å²) >= 11 is 0. The average molecular weight is 145 g/mol. The Labute approximate surface area is 59.3 Å². The summed E-state index contributed by atoms with van der Waals surface area (Å²) in [6, 6.07) is 0. The Morgan fingerprint density at radius 1 is 1.80 bits per heavy atom. The molecular formula is C6H11NO3. The van der Waals surface area contributed by atoms with E-state index < -0.39 is 12.0 Å². The monoisotopic (exact) mass is 145 g/mol. The molecule has 4 heteroatoms. The zero-order chi connectivity index (χ0) is 7.56. The average Bonchev–Trinajstić information content (AvgIpc) is 1.77. The molecule has 1 aliphatic rings. The van der Waals surface area contributed by atoms with E-state index in [0.717, 1.165) is 0 Å². The lowest BCUT2D eigenvalue weighted by atomic mass is 10.3. The molecule has 1 rings (SSSR count). The third-order valence-electron chi connectivity index (χ3n) is 1.40. The van der Waals surface area contributed by atoms with E-state index in [2.05, 4.69) is 0 Å². The molecule has 58 valence electrons. The Morgan fingerprint density at radius 3 is 2.70 bits per heavy atom. The summed E-state index contributed by atoms with van der Waals surface area (Å²) < 4.78 is 9.99. The number of hydrogen-bond acceptors (Lipinski definition) is 3. The molecule has 1 atom stereocenters. The van der Waals surface area contributed by atoms with Gasteiger partial charge in [0.2, 0.25) is 5.91 Å². The second kappa shape index (κ2) is 2.98. The van der Waals surface area contributed by atoms with Gasteiger partial charge in [0.25, 0.3) is 0 Å². The van der Waals surface area contributed by atoms with Crippen molar-refractivity contribution in [2.24, 2.45) is 5.73 Å². The van der Waals surface area contributed by atoms with E-state index in [4.69, 9.17) is 15.2 Å². The number of carbonyl (C=O) groups excluding carboxylic acids is 1. The van der Waals surface area contributed by atoms with Gasteiger partial charge in [0.15, 0.2) is 0 Å². The topological polar surface area (TPSA) is 61.6 Å². The quantitative estimate of drug-likeness (QED) is 0.569. The molecule has 0 aromatic rings. The fourth-order valence-electron chi connectivity index (χ4n) is 0.648. The molecule has 0 spiro atoms. The summed E-state index contributed by atoms with van der Waals surface area (Å²) in [5, 5.41) is 0. The Hall–Kier alpha value is -0.610. The molecule has 1 amide bonds. The molecule has 0 radical (unpaired) electrons. The number of ether oxygens (including phenoxy) is 2. The van der Waals surface area contributed by atoms with Crippen LogP contribution < -0.4 is 5.73 Å². The molecular weight excluding hydrogens is 134 g/mol. The van der Waals surface area contributed by atoms with Crippen LogP contribution in [0, 0.1) is 0 Å². The van der Waals surface area contributed by atoms with Crippen molar-refractivity contribution in [3.8, 4) is 0 Å². The predicted octanol–water partition coefficient (Wildman–Crippen LogP) is -0.724. The second-order valence-electron chi connectivity index (χ2n) is 2.34. The summed E-state index contributed by atoms with van der Waals surface area (Å²) in [6.45, 7) is 2.80. The third-order valence-corrected chi connectivity index (χ3v) is 1.40. The van der Waals surface area contributed by atoms with E-state index >= 15 is 0 Å². The fourth-order valence-corrected chi connectivity index (χ4v) is 0.648. The van der Waals surface area contributed by atoms with E-state index in [1.54, 1.807) is 6.92 Å². The maximum Gasteiger partial charge on any atom is 0.246 e. The first-order chi connectivity index (χ1) is 4.70. The van der Waals surface area contributed by atoms with Crippen LogP contribution >= 0.6 is 0 Å². The summed E-state index contributed by atoms with van der Waals surface area (Å²) in [6.07, 6.45) is -0.420. The van der Waals surface area contributed by atoms with Gasteiger partial charge in [-0.1, -0.05) is 0 Å². The molecule has 10 heavy (non-hydrogen) atoms. The molecule has 2 N–H and O–H groups in total. The second-order valence-corrected chi connectivity index (χ2v) is 2.34. The molecule has 0 aromatic heterocycles. The lowest BCUT2D eigenvalue weighted by Gasteiger charge is -2.27. The molecule has 1 unspecified atom stereocenters. The first-order valence-electron chi connectivity index (χ1n) is 3.22. The highest BCUT2D eigenvalue weighted by Crippen LogP contribution is 2.07. The minimum Gasteiger partial charge on any atom is -0.376 e. The summed E-state index contributed by atoms with van der Waals surface area (Å²) in [4.78, 5) is 10.4. The van der Waals surface area contributed by atoms with Crippen molar-refractivity contribution in [3.05, 3.63) is 0 Å². The molecule has 0 aromatic carbocycles. The van der Waals surface area contributed by atoms with Gasteiger partial charge < -0.3 is 15.2 Å². The van der Waals surface area contributed by atoms with Crippen LogP contribution in [0.15, 0.2) is 0 Å². The Bertz CT molecular complexity index is 133. The molecule has 0 aliphatic carbocycles. The highest BCUT2D eigenvalue weighted by molar-refractivity contribution is 5.78. The van der Waals surface area contributed by atoms with E-state index in [9.17, 15) is 4.79 Å². The molecule has 1 heterocycles. The maximum absolute atomic E-state index is 10.4. The van der Waals surface area contributed by atoms with Crippen LogP contribution in [0.5, 0.6) is 0 Å². The number of amides is 1. The van der Waals surface area contributed by atoms with E-state index in [1.165, 1.54) is 0 Å².